The van der Waals surface area contributed by atoms with Crippen LogP contribution >= 0.6 is 11.6 Å². The highest BCUT2D eigenvalue weighted by atomic mass is 35.5. The van der Waals surface area contributed by atoms with Crippen molar-refractivity contribution in [3.8, 4) is 5.69 Å². The summed E-state index contributed by atoms with van der Waals surface area (Å²) >= 11 is 5.96. The van der Waals surface area contributed by atoms with Gasteiger partial charge in [0.15, 0.2) is 5.82 Å². The molecule has 0 radical (unpaired) electrons. The Kier molecular flexibility index (Phi) is 6.68. The number of carbonyl (C=O) groups is 1. The first-order chi connectivity index (χ1) is 17.0. The lowest BCUT2D eigenvalue weighted by Crippen LogP contribution is -2.44. The summed E-state index contributed by atoms with van der Waals surface area (Å²) in [5.41, 5.74) is 4.89. The molecule has 4 aromatic rings. The quantitative estimate of drug-likeness (QED) is 0.427. The number of nitrogens with zero attached hydrogens (tertiary/aromatic N) is 5. The summed E-state index contributed by atoms with van der Waals surface area (Å²) in [6.45, 7) is 6.08. The van der Waals surface area contributed by atoms with Crippen molar-refractivity contribution in [2.45, 2.75) is 33.1 Å². The number of nitrogens with one attached hydrogen (secondary N) is 1. The third kappa shape index (κ3) is 4.86. The van der Waals surface area contributed by atoms with E-state index >= 15 is 0 Å². The predicted molar refractivity (Wildman–Crippen MR) is 139 cm³/mol. The smallest absolute Gasteiger partial charge is 0.224 e. The van der Waals surface area contributed by atoms with Crippen LogP contribution in [0, 0.1) is 19.8 Å². The largest absolute Gasteiger partial charge is 0.355 e. The van der Waals surface area contributed by atoms with E-state index in [2.05, 4.69) is 27.3 Å². The molecule has 8 heteroatoms. The zero-order chi connectivity index (χ0) is 24.4. The van der Waals surface area contributed by atoms with Gasteiger partial charge in [0, 0.05) is 24.7 Å². The highest BCUT2D eigenvalue weighted by Gasteiger charge is 2.29. The van der Waals surface area contributed by atoms with Gasteiger partial charge in [0.2, 0.25) is 5.91 Å². The van der Waals surface area contributed by atoms with Crippen LogP contribution in [-0.2, 0) is 11.2 Å². The van der Waals surface area contributed by atoms with Crippen molar-refractivity contribution in [1.29, 1.82) is 0 Å². The average molecular weight is 489 g/mol. The van der Waals surface area contributed by atoms with Crippen LogP contribution in [0.5, 0.6) is 0 Å². The summed E-state index contributed by atoms with van der Waals surface area (Å²) in [5, 5.41) is 18.8. The Morgan fingerprint density at radius 3 is 2.63 bits per heavy atom. The molecule has 0 spiro atoms. The summed E-state index contributed by atoms with van der Waals surface area (Å²) in [4.78, 5) is 15.1. The van der Waals surface area contributed by atoms with Crippen LogP contribution in [-0.4, -0.2) is 45.5 Å². The minimum atomic E-state index is -0.0931. The van der Waals surface area contributed by atoms with E-state index in [4.69, 9.17) is 16.7 Å². The van der Waals surface area contributed by atoms with Gasteiger partial charge < -0.3 is 10.2 Å². The number of halogens is 1. The highest BCUT2D eigenvalue weighted by molar-refractivity contribution is 6.30. The van der Waals surface area contributed by atoms with Gasteiger partial charge >= 0.3 is 0 Å². The molecule has 0 aliphatic carbocycles. The molecule has 5 rings (SSSR count). The predicted octanol–water partition coefficient (Wildman–Crippen LogP) is 4.66. The Morgan fingerprint density at radius 1 is 1.09 bits per heavy atom. The van der Waals surface area contributed by atoms with Crippen molar-refractivity contribution >= 4 is 34.2 Å². The first kappa shape index (κ1) is 23.3. The molecular formula is C27H29ClN6O. The van der Waals surface area contributed by atoms with Crippen LogP contribution in [0.1, 0.15) is 29.8 Å². The fourth-order valence-electron chi connectivity index (χ4n) is 4.85. The second-order valence-electron chi connectivity index (χ2n) is 9.12. The fraction of sp³-hybridized carbons (Fsp3) is 0.333. The molecule has 3 heterocycles. The summed E-state index contributed by atoms with van der Waals surface area (Å²) < 4.78 is 1.95. The lowest BCUT2D eigenvalue weighted by molar-refractivity contribution is -0.125. The van der Waals surface area contributed by atoms with Gasteiger partial charge in [-0.15, -0.1) is 5.10 Å². The van der Waals surface area contributed by atoms with Gasteiger partial charge in [0.25, 0.3) is 0 Å². The lowest BCUT2D eigenvalue weighted by Gasteiger charge is -2.32. The molecule has 35 heavy (non-hydrogen) atoms. The maximum Gasteiger partial charge on any atom is 0.224 e. The number of carbonyl (C=O) groups excluding carboxylic acids is 1. The van der Waals surface area contributed by atoms with Gasteiger partial charge in [0.05, 0.1) is 28.4 Å². The molecule has 0 unspecified atom stereocenters. The molecule has 180 valence electrons. The van der Waals surface area contributed by atoms with E-state index < -0.39 is 0 Å². The summed E-state index contributed by atoms with van der Waals surface area (Å²) in [5.74, 6) is 0.748. The Hall–Kier alpha value is -3.45. The number of aromatic nitrogens is 4. The molecule has 7 nitrogen and oxygen atoms in total. The maximum atomic E-state index is 13.0. The zero-order valence-corrected chi connectivity index (χ0v) is 20.8. The zero-order valence-electron chi connectivity index (χ0n) is 20.0. The maximum absolute atomic E-state index is 13.0. The van der Waals surface area contributed by atoms with E-state index in [-0.39, 0.29) is 11.8 Å². The standard InChI is InChI=1S/C27H29ClN6O/c1-18-24-19(2)34(23-8-4-3-5-9-23)32-25(24)26(31-30-18)33-16-6-7-21(17-33)27(35)29-15-14-20-10-12-22(28)13-11-20/h3-5,8-13,21H,6-7,14-17H2,1-2H3,(H,29,35)/t21-/m1/s1. The molecule has 1 atom stereocenters. The number of fused-ring (bicyclic) bond motifs is 1. The molecule has 2 aromatic heterocycles. The summed E-state index contributed by atoms with van der Waals surface area (Å²) in [6, 6.07) is 17.8. The number of para-hydroxylation sites is 1. The van der Waals surface area contributed by atoms with Crippen LogP contribution in [0.4, 0.5) is 5.82 Å². The van der Waals surface area contributed by atoms with Crippen LogP contribution in [0.3, 0.4) is 0 Å². The van der Waals surface area contributed by atoms with E-state index in [1.165, 1.54) is 0 Å². The summed E-state index contributed by atoms with van der Waals surface area (Å²) in [6.07, 6.45) is 2.56. The van der Waals surface area contributed by atoms with Crippen molar-refractivity contribution in [2.24, 2.45) is 5.92 Å². The van der Waals surface area contributed by atoms with E-state index in [9.17, 15) is 4.79 Å². The molecule has 1 aliphatic rings. The van der Waals surface area contributed by atoms with Crippen molar-refractivity contribution in [3.05, 3.63) is 76.6 Å². The van der Waals surface area contributed by atoms with E-state index in [1.54, 1.807) is 0 Å². The number of piperidine rings is 1. The monoisotopic (exact) mass is 488 g/mol. The molecule has 1 aliphatic heterocycles. The first-order valence-corrected chi connectivity index (χ1v) is 12.4. The van der Waals surface area contributed by atoms with Crippen LogP contribution < -0.4 is 10.2 Å². The molecule has 1 fully saturated rings. The highest BCUT2D eigenvalue weighted by Crippen LogP contribution is 2.31. The Bertz CT molecular complexity index is 1340. The van der Waals surface area contributed by atoms with Crippen LogP contribution in [0.25, 0.3) is 16.6 Å². The second kappa shape index (κ2) is 10.0. The number of rotatable bonds is 6. The number of hydrogen-bond donors (Lipinski definition) is 1. The first-order valence-electron chi connectivity index (χ1n) is 12.1. The van der Waals surface area contributed by atoms with Gasteiger partial charge in [-0.25, -0.2) is 4.68 Å². The second-order valence-corrected chi connectivity index (χ2v) is 9.55. The molecular weight excluding hydrogens is 460 g/mol. The lowest BCUT2D eigenvalue weighted by atomic mass is 9.97. The third-order valence-electron chi connectivity index (χ3n) is 6.70. The van der Waals surface area contributed by atoms with Crippen molar-refractivity contribution in [3.63, 3.8) is 0 Å². The van der Waals surface area contributed by atoms with Gasteiger partial charge in [-0.1, -0.05) is 41.9 Å². The van der Waals surface area contributed by atoms with Crippen molar-refractivity contribution in [1.82, 2.24) is 25.3 Å². The number of benzene rings is 2. The SMILES string of the molecule is Cc1nnc(N2CCC[C@@H](C(=O)NCCc3ccc(Cl)cc3)C2)c2nn(-c3ccccc3)c(C)c12. The topological polar surface area (TPSA) is 75.9 Å². The van der Waals surface area contributed by atoms with Crippen LogP contribution in [0.15, 0.2) is 54.6 Å². The van der Waals surface area contributed by atoms with Gasteiger partial charge in [-0.3, -0.25) is 4.79 Å². The van der Waals surface area contributed by atoms with Crippen LogP contribution in [0.2, 0.25) is 5.02 Å². The third-order valence-corrected chi connectivity index (χ3v) is 6.96. The minimum absolute atomic E-state index is 0.0889. The normalized spacial score (nSPS) is 16.0. The van der Waals surface area contributed by atoms with Gasteiger partial charge in [-0.2, -0.15) is 10.2 Å². The average Bonchev–Trinajstić information content (AvgIpc) is 3.24. The molecule has 1 amide bonds. The van der Waals surface area contributed by atoms with Crippen molar-refractivity contribution < 1.29 is 4.79 Å². The Morgan fingerprint density at radius 2 is 1.86 bits per heavy atom. The van der Waals surface area contributed by atoms with Gasteiger partial charge in [-0.05, 0) is 62.9 Å². The number of hydrogen-bond acceptors (Lipinski definition) is 5. The molecule has 1 N–H and O–H groups in total. The molecule has 0 bridgehead atoms. The molecule has 0 saturated carbocycles. The number of aryl methyl sites for hydroxylation is 2. The molecule has 1 saturated heterocycles. The number of amides is 1. The van der Waals surface area contributed by atoms with E-state index in [1.807, 2.05) is 66.2 Å². The number of anilines is 1. The Labute approximate surface area is 210 Å². The minimum Gasteiger partial charge on any atom is -0.355 e. The van der Waals surface area contributed by atoms with Gasteiger partial charge in [0.1, 0.15) is 5.52 Å². The molecule has 2 aromatic carbocycles. The van der Waals surface area contributed by atoms with Crippen molar-refractivity contribution in [2.75, 3.05) is 24.5 Å². The van der Waals surface area contributed by atoms with E-state index in [0.29, 0.717) is 13.1 Å². The Balaban J connectivity index is 1.33. The fourth-order valence-corrected chi connectivity index (χ4v) is 4.98. The summed E-state index contributed by atoms with van der Waals surface area (Å²) in [7, 11) is 0. The van der Waals surface area contributed by atoms with E-state index in [0.717, 1.165) is 70.2 Å².